The molecular weight excluding hydrogens is 304 g/mol. The molecule has 1 aromatic heterocycles. The third kappa shape index (κ3) is 3.28. The van der Waals surface area contributed by atoms with Gasteiger partial charge in [-0.2, -0.15) is 5.10 Å². The van der Waals surface area contributed by atoms with Gasteiger partial charge in [-0.05, 0) is 51.8 Å². The topological polar surface area (TPSA) is 70.4 Å². The summed E-state index contributed by atoms with van der Waals surface area (Å²) in [5.74, 6) is 0. The van der Waals surface area contributed by atoms with Crippen molar-refractivity contribution in [2.45, 2.75) is 45.3 Å². The molecule has 3 rings (SSSR count). The Morgan fingerprint density at radius 1 is 1.33 bits per heavy atom. The molecule has 2 N–H and O–H groups in total. The number of aliphatic hydroxyl groups is 1. The molecule has 0 spiro atoms. The molecule has 1 unspecified atom stereocenters. The number of hydrogen-bond donors (Lipinski definition) is 2. The minimum absolute atomic E-state index is 0.170. The van der Waals surface area contributed by atoms with Gasteiger partial charge in [0, 0.05) is 12.7 Å². The molecular formula is C18H24N4O2. The molecule has 2 heterocycles. The van der Waals surface area contributed by atoms with Gasteiger partial charge in [-0.25, -0.2) is 9.48 Å². The Labute approximate surface area is 142 Å². The van der Waals surface area contributed by atoms with E-state index in [2.05, 4.69) is 10.4 Å². The highest BCUT2D eigenvalue weighted by atomic mass is 16.3. The molecule has 1 saturated heterocycles. The summed E-state index contributed by atoms with van der Waals surface area (Å²) >= 11 is 0. The van der Waals surface area contributed by atoms with Crippen LogP contribution >= 0.6 is 0 Å². The molecule has 2 aromatic rings. The lowest BCUT2D eigenvalue weighted by molar-refractivity contribution is 0.0117. The molecule has 128 valence electrons. The summed E-state index contributed by atoms with van der Waals surface area (Å²) < 4.78 is 1.75. The summed E-state index contributed by atoms with van der Waals surface area (Å²) in [6, 6.07) is 9.14. The Morgan fingerprint density at radius 3 is 2.75 bits per heavy atom. The smallest absolute Gasteiger partial charge is 0.322 e. The molecule has 0 radical (unpaired) electrons. The molecule has 1 aliphatic rings. The number of nitrogens with zero attached hydrogens (tertiary/aromatic N) is 3. The Morgan fingerprint density at radius 2 is 2.08 bits per heavy atom. The fourth-order valence-electron chi connectivity index (χ4n) is 3.26. The van der Waals surface area contributed by atoms with Gasteiger partial charge in [0.1, 0.15) is 0 Å². The lowest BCUT2D eigenvalue weighted by atomic mass is 9.97. The number of aromatic nitrogens is 2. The minimum Gasteiger partial charge on any atom is -0.388 e. The van der Waals surface area contributed by atoms with Gasteiger partial charge in [-0.1, -0.05) is 12.1 Å². The fourth-order valence-corrected chi connectivity index (χ4v) is 3.26. The van der Waals surface area contributed by atoms with Crippen LogP contribution < -0.4 is 5.32 Å². The third-order valence-corrected chi connectivity index (χ3v) is 4.44. The Kier molecular flexibility index (Phi) is 4.32. The molecule has 0 bridgehead atoms. The molecule has 1 fully saturated rings. The van der Waals surface area contributed by atoms with E-state index in [1.807, 2.05) is 43.5 Å². The van der Waals surface area contributed by atoms with Crippen molar-refractivity contribution in [1.29, 1.82) is 0 Å². The molecule has 6 nitrogen and oxygen atoms in total. The average molecular weight is 328 g/mol. The van der Waals surface area contributed by atoms with Gasteiger partial charge >= 0.3 is 6.03 Å². The maximum absolute atomic E-state index is 12.7. The van der Waals surface area contributed by atoms with E-state index in [1.165, 1.54) is 0 Å². The highest BCUT2D eigenvalue weighted by Gasteiger charge is 2.38. The van der Waals surface area contributed by atoms with E-state index < -0.39 is 5.60 Å². The molecule has 2 amide bonds. The first-order valence-corrected chi connectivity index (χ1v) is 8.28. The predicted molar refractivity (Wildman–Crippen MR) is 93.3 cm³/mol. The van der Waals surface area contributed by atoms with Gasteiger partial charge in [0.25, 0.3) is 0 Å². The number of carbonyl (C=O) groups is 1. The second-order valence-corrected chi connectivity index (χ2v) is 6.85. The first-order valence-electron chi connectivity index (χ1n) is 8.28. The van der Waals surface area contributed by atoms with Crippen LogP contribution in [0.5, 0.6) is 0 Å². The molecule has 6 heteroatoms. The number of aryl methyl sites for hydroxylation is 1. The fraction of sp³-hybridized carbons (Fsp3) is 0.444. The van der Waals surface area contributed by atoms with Crippen LogP contribution in [0.3, 0.4) is 0 Å². The van der Waals surface area contributed by atoms with Crippen molar-refractivity contribution < 1.29 is 9.90 Å². The molecule has 1 aromatic carbocycles. The van der Waals surface area contributed by atoms with E-state index in [9.17, 15) is 9.90 Å². The number of amides is 2. The first-order chi connectivity index (χ1) is 11.4. The zero-order chi connectivity index (χ0) is 17.3. The maximum Gasteiger partial charge on any atom is 0.322 e. The van der Waals surface area contributed by atoms with Gasteiger partial charge in [-0.15, -0.1) is 0 Å². The van der Waals surface area contributed by atoms with Crippen molar-refractivity contribution in [1.82, 2.24) is 14.7 Å². The van der Waals surface area contributed by atoms with Crippen molar-refractivity contribution in [2.24, 2.45) is 0 Å². The van der Waals surface area contributed by atoms with E-state index in [0.29, 0.717) is 12.2 Å². The monoisotopic (exact) mass is 328 g/mol. The maximum atomic E-state index is 12.7. The lowest BCUT2D eigenvalue weighted by Gasteiger charge is -2.33. The summed E-state index contributed by atoms with van der Waals surface area (Å²) in [4.78, 5) is 14.5. The Balaban J connectivity index is 1.83. The van der Waals surface area contributed by atoms with Gasteiger partial charge < -0.3 is 15.3 Å². The summed E-state index contributed by atoms with van der Waals surface area (Å²) in [6.45, 7) is 6.09. The Bertz CT molecular complexity index is 733. The molecule has 0 saturated carbocycles. The number of rotatable bonds is 3. The predicted octanol–water partition coefficient (Wildman–Crippen LogP) is 2.95. The van der Waals surface area contributed by atoms with Crippen molar-refractivity contribution in [3.8, 4) is 5.69 Å². The average Bonchev–Trinajstić information content (AvgIpc) is 3.16. The van der Waals surface area contributed by atoms with Crippen LogP contribution in [-0.4, -0.2) is 44.0 Å². The van der Waals surface area contributed by atoms with E-state index in [4.69, 9.17) is 0 Å². The van der Waals surface area contributed by atoms with Crippen LogP contribution in [0.4, 0.5) is 10.5 Å². The van der Waals surface area contributed by atoms with Crippen LogP contribution in [0.2, 0.25) is 0 Å². The van der Waals surface area contributed by atoms with Crippen LogP contribution in [-0.2, 0) is 0 Å². The van der Waals surface area contributed by atoms with Crippen LogP contribution in [0.25, 0.3) is 5.69 Å². The second kappa shape index (κ2) is 6.28. The number of para-hydroxylation sites is 2. The number of anilines is 1. The van der Waals surface area contributed by atoms with Gasteiger partial charge in [0.2, 0.25) is 0 Å². The number of carbonyl (C=O) groups excluding carboxylic acids is 1. The molecule has 0 aliphatic carbocycles. The summed E-state index contributed by atoms with van der Waals surface area (Å²) in [7, 11) is 0. The summed E-state index contributed by atoms with van der Waals surface area (Å²) in [5.41, 5.74) is 1.52. The number of nitrogens with one attached hydrogen (secondary N) is 1. The van der Waals surface area contributed by atoms with Crippen LogP contribution in [0, 0.1) is 6.92 Å². The standard InChI is InChI=1S/C18H24N4O2/c1-13-10-12-22(20-13)15-8-5-4-7-14(15)19-17(23)21-11-6-9-16(21)18(2,3)24/h4-5,7-8,10,12,16,24H,6,9,11H2,1-3H3,(H,19,23). The third-order valence-electron chi connectivity index (χ3n) is 4.44. The van der Waals surface area contributed by atoms with Crippen LogP contribution in [0.1, 0.15) is 32.4 Å². The molecule has 24 heavy (non-hydrogen) atoms. The highest BCUT2D eigenvalue weighted by molar-refractivity contribution is 5.92. The van der Waals surface area contributed by atoms with Crippen molar-refractivity contribution in [2.75, 3.05) is 11.9 Å². The van der Waals surface area contributed by atoms with Crippen molar-refractivity contribution >= 4 is 11.7 Å². The molecule has 1 atom stereocenters. The minimum atomic E-state index is -0.910. The van der Waals surface area contributed by atoms with Gasteiger partial charge in [0.15, 0.2) is 0 Å². The largest absolute Gasteiger partial charge is 0.388 e. The van der Waals surface area contributed by atoms with Crippen LogP contribution in [0.15, 0.2) is 36.5 Å². The van der Waals surface area contributed by atoms with Gasteiger partial charge in [-0.3, -0.25) is 0 Å². The number of hydrogen-bond acceptors (Lipinski definition) is 3. The van der Waals surface area contributed by atoms with Crippen molar-refractivity contribution in [3.63, 3.8) is 0 Å². The second-order valence-electron chi connectivity index (χ2n) is 6.85. The van der Waals surface area contributed by atoms with Gasteiger partial charge in [0.05, 0.1) is 28.7 Å². The lowest BCUT2D eigenvalue weighted by Crippen LogP contribution is -2.49. The highest BCUT2D eigenvalue weighted by Crippen LogP contribution is 2.28. The zero-order valence-electron chi connectivity index (χ0n) is 14.4. The van der Waals surface area contributed by atoms with Crippen molar-refractivity contribution in [3.05, 3.63) is 42.2 Å². The van der Waals surface area contributed by atoms with E-state index in [-0.39, 0.29) is 12.1 Å². The summed E-state index contributed by atoms with van der Waals surface area (Å²) in [6.07, 6.45) is 3.59. The quantitative estimate of drug-likeness (QED) is 0.910. The summed E-state index contributed by atoms with van der Waals surface area (Å²) in [5, 5.41) is 17.7. The SMILES string of the molecule is Cc1ccn(-c2ccccc2NC(=O)N2CCCC2C(C)(C)O)n1. The molecule has 1 aliphatic heterocycles. The normalized spacial score (nSPS) is 18.0. The number of benzene rings is 1. The number of likely N-dealkylation sites (tertiary alicyclic amines) is 1. The van der Waals surface area contributed by atoms with E-state index in [0.717, 1.165) is 24.2 Å². The Hall–Kier alpha value is -2.34. The number of urea groups is 1. The van der Waals surface area contributed by atoms with E-state index >= 15 is 0 Å². The first kappa shape index (κ1) is 16.5. The zero-order valence-corrected chi connectivity index (χ0v) is 14.4. The van der Waals surface area contributed by atoms with E-state index in [1.54, 1.807) is 23.4 Å².